The molecule has 0 aromatic heterocycles. The molecule has 0 unspecified atom stereocenters. The van der Waals surface area contributed by atoms with Gasteiger partial charge in [0.2, 0.25) is 0 Å². The maximum atomic E-state index is 12.3. The molecule has 2 N–H and O–H groups in total. The molecular weight excluding hydrogens is 306 g/mol. The molecule has 7 heteroatoms. The summed E-state index contributed by atoms with van der Waals surface area (Å²) in [5.41, 5.74) is 0.832. The molecule has 22 heavy (non-hydrogen) atoms. The number of ether oxygens (including phenoxy) is 1. The number of nitriles is 1. The van der Waals surface area contributed by atoms with E-state index in [-0.39, 0.29) is 18.7 Å². The van der Waals surface area contributed by atoms with Gasteiger partial charge in [-0.15, -0.1) is 0 Å². The maximum Gasteiger partial charge on any atom is 0.319 e. The Bertz CT molecular complexity index is 654. The van der Waals surface area contributed by atoms with E-state index in [4.69, 9.17) is 21.6 Å². The van der Waals surface area contributed by atoms with Crippen LogP contribution in [0.3, 0.4) is 0 Å². The molecule has 0 saturated carbocycles. The van der Waals surface area contributed by atoms with Gasteiger partial charge in [0.1, 0.15) is 12.5 Å². The molecule has 1 saturated heterocycles. The second-order valence-corrected chi connectivity index (χ2v) is 5.08. The molecule has 2 atom stereocenters. The topological polar surface area (TPSA) is 91.2 Å². The van der Waals surface area contributed by atoms with Crippen molar-refractivity contribution in [3.63, 3.8) is 0 Å². The highest BCUT2D eigenvalue weighted by molar-refractivity contribution is 6.31. The zero-order valence-electron chi connectivity index (χ0n) is 11.6. The monoisotopic (exact) mass is 319 g/mol. The first-order valence-corrected chi connectivity index (χ1v) is 6.96. The van der Waals surface area contributed by atoms with Crippen LogP contribution in [0.5, 0.6) is 0 Å². The Kier molecular flexibility index (Phi) is 5.02. The summed E-state index contributed by atoms with van der Waals surface area (Å²) in [6, 6.07) is 7.66. The lowest BCUT2D eigenvalue weighted by atomic mass is 9.89. The number of rotatable bonds is 4. The van der Waals surface area contributed by atoms with E-state index in [9.17, 15) is 9.59 Å². The van der Waals surface area contributed by atoms with E-state index >= 15 is 0 Å². The lowest BCUT2D eigenvalue weighted by Gasteiger charge is -2.33. The van der Waals surface area contributed by atoms with Crippen LogP contribution in [0.25, 0.3) is 0 Å². The molecule has 1 heterocycles. The second-order valence-electron chi connectivity index (χ2n) is 4.68. The van der Waals surface area contributed by atoms with Crippen LogP contribution in [0.2, 0.25) is 5.02 Å². The average molecular weight is 320 g/mol. The van der Waals surface area contributed by atoms with Crippen molar-refractivity contribution in [2.24, 2.45) is 5.92 Å². The molecule has 1 aromatic rings. The van der Waals surface area contributed by atoms with Gasteiger partial charge in [-0.1, -0.05) is 36.4 Å². The molecule has 2 rings (SSSR count). The van der Waals surface area contributed by atoms with E-state index in [2.05, 4.69) is 17.2 Å². The standard InChI is InChI=1S/C15H14ClN3O3/c1-9-12(14(20)22-8-4-7-17)13(19-15(21)18-9)10-5-2-3-6-11(10)16/h2-3,5-6,12-13H,1,4,8H2,(H2,18,19,21)/t12-,13+/m0/s1. The van der Waals surface area contributed by atoms with Crippen LogP contribution in [-0.2, 0) is 9.53 Å². The van der Waals surface area contributed by atoms with Gasteiger partial charge in [0.05, 0.1) is 18.5 Å². The molecule has 1 aliphatic rings. The van der Waals surface area contributed by atoms with Crippen LogP contribution < -0.4 is 10.6 Å². The number of carbonyl (C=O) groups is 2. The van der Waals surface area contributed by atoms with Crippen molar-refractivity contribution >= 4 is 23.6 Å². The van der Waals surface area contributed by atoms with Crippen LogP contribution in [0.1, 0.15) is 18.0 Å². The highest BCUT2D eigenvalue weighted by Crippen LogP contribution is 2.34. The third-order valence-electron chi connectivity index (χ3n) is 3.22. The van der Waals surface area contributed by atoms with E-state index in [0.717, 1.165) is 0 Å². The molecule has 1 aromatic carbocycles. The Labute approximate surface area is 132 Å². The smallest absolute Gasteiger partial charge is 0.319 e. The third kappa shape index (κ3) is 3.38. The Balaban J connectivity index is 2.28. The molecule has 0 spiro atoms. The van der Waals surface area contributed by atoms with E-state index in [1.807, 2.05) is 6.07 Å². The summed E-state index contributed by atoms with van der Waals surface area (Å²) in [6.45, 7) is 3.71. The first-order valence-electron chi connectivity index (χ1n) is 6.59. The average Bonchev–Trinajstić information content (AvgIpc) is 2.47. The van der Waals surface area contributed by atoms with Crippen LogP contribution in [0, 0.1) is 17.2 Å². The largest absolute Gasteiger partial charge is 0.464 e. The molecule has 0 aliphatic carbocycles. The summed E-state index contributed by atoms with van der Waals surface area (Å²) in [4.78, 5) is 23.9. The minimum atomic E-state index is -0.823. The molecule has 1 fully saturated rings. The van der Waals surface area contributed by atoms with Crippen LogP contribution >= 0.6 is 11.6 Å². The van der Waals surface area contributed by atoms with Crippen LogP contribution in [0.4, 0.5) is 4.79 Å². The van der Waals surface area contributed by atoms with E-state index < -0.39 is 24.0 Å². The fourth-order valence-electron chi connectivity index (χ4n) is 2.24. The van der Waals surface area contributed by atoms with Crippen LogP contribution in [0.15, 0.2) is 36.5 Å². The third-order valence-corrected chi connectivity index (χ3v) is 3.57. The van der Waals surface area contributed by atoms with Gasteiger partial charge in [0, 0.05) is 10.7 Å². The van der Waals surface area contributed by atoms with Gasteiger partial charge in [0.15, 0.2) is 0 Å². The highest BCUT2D eigenvalue weighted by atomic mass is 35.5. The van der Waals surface area contributed by atoms with Crippen molar-refractivity contribution in [3.05, 3.63) is 47.1 Å². The molecule has 0 bridgehead atoms. The van der Waals surface area contributed by atoms with Gasteiger partial charge in [-0.2, -0.15) is 5.26 Å². The molecule has 6 nitrogen and oxygen atoms in total. The molecule has 114 valence electrons. The van der Waals surface area contributed by atoms with Crippen molar-refractivity contribution in [1.29, 1.82) is 5.26 Å². The van der Waals surface area contributed by atoms with E-state index in [0.29, 0.717) is 10.6 Å². The number of halogens is 1. The SMILES string of the molecule is C=C1NC(=O)N[C@H](c2ccccc2Cl)[C@H]1C(=O)OCCC#N. The summed E-state index contributed by atoms with van der Waals surface area (Å²) in [5, 5.41) is 14.1. The van der Waals surface area contributed by atoms with Gasteiger partial charge >= 0.3 is 12.0 Å². The first-order chi connectivity index (χ1) is 10.5. The van der Waals surface area contributed by atoms with Crippen LogP contribution in [-0.4, -0.2) is 18.6 Å². The number of benzene rings is 1. The summed E-state index contributed by atoms with van der Waals surface area (Å²) >= 11 is 6.15. The quantitative estimate of drug-likeness (QED) is 0.658. The number of nitrogens with one attached hydrogen (secondary N) is 2. The van der Waals surface area contributed by atoms with Gasteiger partial charge < -0.3 is 15.4 Å². The number of hydrogen-bond donors (Lipinski definition) is 2. The second kappa shape index (κ2) is 6.96. The molecule has 2 amide bonds. The molecule has 1 aliphatic heterocycles. The summed E-state index contributed by atoms with van der Waals surface area (Å²) in [5.74, 6) is -1.39. The van der Waals surface area contributed by atoms with Gasteiger partial charge in [-0.25, -0.2) is 4.79 Å². The first kappa shape index (κ1) is 15.9. The Morgan fingerprint density at radius 1 is 1.45 bits per heavy atom. The normalized spacial score (nSPS) is 20.5. The zero-order valence-corrected chi connectivity index (χ0v) is 12.4. The van der Waals surface area contributed by atoms with E-state index in [1.54, 1.807) is 24.3 Å². The minimum absolute atomic E-state index is 0.0116. The summed E-state index contributed by atoms with van der Waals surface area (Å²) < 4.78 is 5.06. The molecular formula is C15H14ClN3O3. The number of carbonyl (C=O) groups excluding carboxylic acids is 2. The minimum Gasteiger partial charge on any atom is -0.464 e. The van der Waals surface area contributed by atoms with Gasteiger partial charge in [-0.05, 0) is 11.6 Å². The number of hydrogen-bond acceptors (Lipinski definition) is 4. The molecule has 0 radical (unpaired) electrons. The highest BCUT2D eigenvalue weighted by Gasteiger charge is 2.39. The maximum absolute atomic E-state index is 12.3. The summed E-state index contributed by atoms with van der Waals surface area (Å²) in [7, 11) is 0. The van der Waals surface area contributed by atoms with E-state index in [1.165, 1.54) is 0 Å². The number of urea groups is 1. The lowest BCUT2D eigenvalue weighted by molar-refractivity contribution is -0.148. The lowest BCUT2D eigenvalue weighted by Crippen LogP contribution is -2.51. The van der Waals surface area contributed by atoms with Crippen molar-refractivity contribution in [2.45, 2.75) is 12.5 Å². The zero-order chi connectivity index (χ0) is 16.1. The number of esters is 1. The van der Waals surface area contributed by atoms with Crippen molar-refractivity contribution in [1.82, 2.24) is 10.6 Å². The van der Waals surface area contributed by atoms with Crippen molar-refractivity contribution in [3.8, 4) is 6.07 Å². The Morgan fingerprint density at radius 3 is 2.86 bits per heavy atom. The predicted octanol–water partition coefficient (Wildman–Crippen LogP) is 2.28. The fraction of sp³-hybridized carbons (Fsp3) is 0.267. The number of amides is 2. The van der Waals surface area contributed by atoms with Crippen molar-refractivity contribution < 1.29 is 14.3 Å². The Morgan fingerprint density at radius 2 is 2.18 bits per heavy atom. The summed E-state index contributed by atoms with van der Waals surface area (Å²) in [6.07, 6.45) is 0.0987. The predicted molar refractivity (Wildman–Crippen MR) is 79.7 cm³/mol. The van der Waals surface area contributed by atoms with Gasteiger partial charge in [0.25, 0.3) is 0 Å². The van der Waals surface area contributed by atoms with Gasteiger partial charge in [-0.3, -0.25) is 4.79 Å². The number of nitrogens with zero attached hydrogens (tertiary/aromatic N) is 1. The van der Waals surface area contributed by atoms with Crippen molar-refractivity contribution in [2.75, 3.05) is 6.61 Å². The Hall–Kier alpha value is -2.52. The fourth-order valence-corrected chi connectivity index (χ4v) is 2.49.